The molecule has 0 aliphatic carbocycles. The molecular formula is C18H21FN2. The van der Waals surface area contributed by atoms with Crippen LogP contribution in [0, 0.1) is 5.82 Å². The minimum absolute atomic E-state index is 0.174. The van der Waals surface area contributed by atoms with Gasteiger partial charge in [0.15, 0.2) is 0 Å². The highest BCUT2D eigenvalue weighted by molar-refractivity contribution is 5.54. The van der Waals surface area contributed by atoms with Crippen molar-refractivity contribution in [3.8, 4) is 0 Å². The number of nitrogens with one attached hydrogen (secondary N) is 1. The molecule has 110 valence electrons. The van der Waals surface area contributed by atoms with Crippen molar-refractivity contribution in [3.05, 3.63) is 65.5 Å². The molecule has 1 aliphatic heterocycles. The highest BCUT2D eigenvalue weighted by atomic mass is 19.1. The number of rotatable bonds is 5. The molecule has 3 rings (SSSR count). The van der Waals surface area contributed by atoms with Crippen molar-refractivity contribution in [3.63, 3.8) is 0 Å². The molecule has 1 heterocycles. The molecule has 3 heteroatoms. The molecule has 0 radical (unpaired) electrons. The highest BCUT2D eigenvalue weighted by Gasteiger charge is 2.14. The zero-order chi connectivity index (χ0) is 14.5. The number of halogens is 1. The summed E-state index contributed by atoms with van der Waals surface area (Å²) < 4.78 is 13.2. The Morgan fingerprint density at radius 2 is 1.76 bits per heavy atom. The van der Waals surface area contributed by atoms with Crippen LogP contribution < -0.4 is 10.2 Å². The van der Waals surface area contributed by atoms with Crippen LogP contribution in [-0.2, 0) is 13.1 Å². The van der Waals surface area contributed by atoms with Gasteiger partial charge in [0.25, 0.3) is 0 Å². The Morgan fingerprint density at radius 1 is 0.952 bits per heavy atom. The lowest BCUT2D eigenvalue weighted by Gasteiger charge is -2.21. The smallest absolute Gasteiger partial charge is 0.123 e. The predicted molar refractivity (Wildman–Crippen MR) is 84.8 cm³/mol. The van der Waals surface area contributed by atoms with Crippen LogP contribution in [-0.4, -0.2) is 13.1 Å². The van der Waals surface area contributed by atoms with E-state index < -0.39 is 0 Å². The number of benzene rings is 2. The van der Waals surface area contributed by atoms with Gasteiger partial charge >= 0.3 is 0 Å². The monoisotopic (exact) mass is 284 g/mol. The Morgan fingerprint density at radius 3 is 2.57 bits per heavy atom. The van der Waals surface area contributed by atoms with Crippen LogP contribution >= 0.6 is 0 Å². The van der Waals surface area contributed by atoms with Gasteiger partial charge in [-0.25, -0.2) is 4.39 Å². The van der Waals surface area contributed by atoms with E-state index >= 15 is 0 Å². The maximum atomic E-state index is 13.2. The Balaban J connectivity index is 1.62. The molecule has 1 N–H and O–H groups in total. The van der Waals surface area contributed by atoms with E-state index in [9.17, 15) is 4.39 Å². The van der Waals surface area contributed by atoms with Gasteiger partial charge in [-0.15, -0.1) is 0 Å². The van der Waals surface area contributed by atoms with Crippen molar-refractivity contribution >= 4 is 5.69 Å². The van der Waals surface area contributed by atoms with Crippen molar-refractivity contribution < 1.29 is 4.39 Å². The van der Waals surface area contributed by atoms with Crippen molar-refractivity contribution in [1.29, 1.82) is 0 Å². The summed E-state index contributed by atoms with van der Waals surface area (Å²) in [5, 5.41) is 3.42. The molecule has 0 atom stereocenters. The third kappa shape index (κ3) is 3.61. The normalized spacial score (nSPS) is 14.6. The molecule has 1 aliphatic rings. The summed E-state index contributed by atoms with van der Waals surface area (Å²) in [4.78, 5) is 2.46. The van der Waals surface area contributed by atoms with Crippen LogP contribution in [0.4, 0.5) is 10.1 Å². The van der Waals surface area contributed by atoms with Gasteiger partial charge < -0.3 is 10.2 Å². The van der Waals surface area contributed by atoms with E-state index in [-0.39, 0.29) is 5.82 Å². The van der Waals surface area contributed by atoms with Gasteiger partial charge in [0.1, 0.15) is 5.82 Å². The van der Waals surface area contributed by atoms with Crippen LogP contribution in [0.3, 0.4) is 0 Å². The molecular weight excluding hydrogens is 263 g/mol. The molecule has 2 aromatic rings. The summed E-state index contributed by atoms with van der Waals surface area (Å²) in [6, 6.07) is 15.3. The number of hydrogen-bond acceptors (Lipinski definition) is 2. The van der Waals surface area contributed by atoms with E-state index in [0.717, 1.165) is 25.2 Å². The lowest BCUT2D eigenvalue weighted by atomic mass is 10.1. The predicted octanol–water partition coefficient (Wildman–Crippen LogP) is 3.72. The summed E-state index contributed by atoms with van der Waals surface area (Å²) >= 11 is 0. The van der Waals surface area contributed by atoms with E-state index in [1.54, 1.807) is 12.1 Å². The maximum absolute atomic E-state index is 13.2. The van der Waals surface area contributed by atoms with Gasteiger partial charge in [-0.1, -0.05) is 30.3 Å². The Kier molecular flexibility index (Phi) is 4.51. The van der Waals surface area contributed by atoms with Crippen molar-refractivity contribution in [2.75, 3.05) is 18.0 Å². The van der Waals surface area contributed by atoms with E-state index in [2.05, 4.69) is 34.5 Å². The van der Waals surface area contributed by atoms with Crippen molar-refractivity contribution in [1.82, 2.24) is 5.32 Å². The third-order valence-electron chi connectivity index (χ3n) is 3.97. The van der Waals surface area contributed by atoms with Gasteiger partial charge in [0.2, 0.25) is 0 Å². The lowest BCUT2D eigenvalue weighted by Crippen LogP contribution is -2.21. The third-order valence-corrected chi connectivity index (χ3v) is 3.97. The molecule has 0 saturated carbocycles. The second-order valence-electron chi connectivity index (χ2n) is 5.56. The highest BCUT2D eigenvalue weighted by Crippen LogP contribution is 2.24. The first kappa shape index (κ1) is 14.1. The number of nitrogens with zero attached hydrogens (tertiary/aromatic N) is 1. The van der Waals surface area contributed by atoms with E-state index in [4.69, 9.17) is 0 Å². The Bertz CT molecular complexity index is 591. The number of hydrogen-bond donors (Lipinski definition) is 1. The quantitative estimate of drug-likeness (QED) is 0.900. The van der Waals surface area contributed by atoms with Crippen LogP contribution in [0.15, 0.2) is 48.5 Å². The van der Waals surface area contributed by atoms with Crippen LogP contribution in [0.25, 0.3) is 0 Å². The summed E-state index contributed by atoms with van der Waals surface area (Å²) in [6.45, 7) is 3.80. The van der Waals surface area contributed by atoms with Gasteiger partial charge in [-0.05, 0) is 42.2 Å². The second kappa shape index (κ2) is 6.72. The summed E-state index contributed by atoms with van der Waals surface area (Å²) in [6.07, 6.45) is 2.57. The summed E-state index contributed by atoms with van der Waals surface area (Å²) in [5.74, 6) is -0.174. The van der Waals surface area contributed by atoms with Crippen molar-refractivity contribution in [2.45, 2.75) is 25.9 Å². The van der Waals surface area contributed by atoms with Gasteiger partial charge in [-0.3, -0.25) is 0 Å². The molecule has 0 unspecified atom stereocenters. The van der Waals surface area contributed by atoms with E-state index in [1.165, 1.54) is 30.2 Å². The zero-order valence-corrected chi connectivity index (χ0v) is 12.2. The first-order chi connectivity index (χ1) is 10.3. The maximum Gasteiger partial charge on any atom is 0.123 e. The largest absolute Gasteiger partial charge is 0.371 e. The van der Waals surface area contributed by atoms with Crippen LogP contribution in [0.1, 0.15) is 24.0 Å². The number of para-hydroxylation sites is 1. The van der Waals surface area contributed by atoms with E-state index in [1.807, 2.05) is 6.07 Å². The molecule has 2 aromatic carbocycles. The molecule has 0 spiro atoms. The second-order valence-corrected chi connectivity index (χ2v) is 5.56. The lowest BCUT2D eigenvalue weighted by molar-refractivity contribution is 0.620. The van der Waals surface area contributed by atoms with Crippen LogP contribution in [0.5, 0.6) is 0 Å². The van der Waals surface area contributed by atoms with Crippen molar-refractivity contribution in [2.24, 2.45) is 0 Å². The van der Waals surface area contributed by atoms with Gasteiger partial charge in [0, 0.05) is 31.9 Å². The standard InChI is InChI=1S/C18H21FN2/c19-17-8-5-6-15(12-17)13-20-14-16-7-1-2-9-18(16)21-10-3-4-11-21/h1-2,5-9,12,20H,3-4,10-11,13-14H2. The topological polar surface area (TPSA) is 15.3 Å². The SMILES string of the molecule is Fc1cccc(CNCc2ccccc2N2CCCC2)c1. The average Bonchev–Trinajstić information content (AvgIpc) is 3.02. The van der Waals surface area contributed by atoms with Gasteiger partial charge in [0.05, 0.1) is 0 Å². The molecule has 1 fully saturated rings. The van der Waals surface area contributed by atoms with Crippen LogP contribution in [0.2, 0.25) is 0 Å². The first-order valence-corrected chi connectivity index (χ1v) is 7.61. The molecule has 0 bridgehead atoms. The summed E-state index contributed by atoms with van der Waals surface area (Å²) in [7, 11) is 0. The number of anilines is 1. The molecule has 0 aromatic heterocycles. The fourth-order valence-corrected chi connectivity index (χ4v) is 2.92. The average molecular weight is 284 g/mol. The molecule has 0 amide bonds. The first-order valence-electron chi connectivity index (χ1n) is 7.61. The summed E-state index contributed by atoms with van der Waals surface area (Å²) in [5.41, 5.74) is 3.63. The molecule has 2 nitrogen and oxygen atoms in total. The van der Waals surface area contributed by atoms with E-state index in [0.29, 0.717) is 6.54 Å². The Hall–Kier alpha value is -1.87. The molecule has 21 heavy (non-hydrogen) atoms. The van der Waals surface area contributed by atoms with Gasteiger partial charge in [-0.2, -0.15) is 0 Å². The fourth-order valence-electron chi connectivity index (χ4n) is 2.92. The fraction of sp³-hybridized carbons (Fsp3) is 0.333. The Labute approximate surface area is 125 Å². The molecule has 1 saturated heterocycles. The zero-order valence-electron chi connectivity index (χ0n) is 12.2. The minimum Gasteiger partial charge on any atom is -0.371 e. The minimum atomic E-state index is -0.174.